The van der Waals surface area contributed by atoms with Gasteiger partial charge in [-0.3, -0.25) is 4.79 Å². The summed E-state index contributed by atoms with van der Waals surface area (Å²) in [5.74, 6) is -0.0214. The van der Waals surface area contributed by atoms with Crippen molar-refractivity contribution in [1.82, 2.24) is 15.6 Å². The highest BCUT2D eigenvalue weighted by atomic mass is 32.1. The third kappa shape index (κ3) is 3.83. The lowest BCUT2D eigenvalue weighted by atomic mass is 10.1. The average molecular weight is 345 g/mol. The van der Waals surface area contributed by atoms with Crippen molar-refractivity contribution in [3.63, 3.8) is 0 Å². The van der Waals surface area contributed by atoms with Crippen LogP contribution in [0.1, 0.15) is 29.1 Å². The van der Waals surface area contributed by atoms with E-state index >= 15 is 0 Å². The van der Waals surface area contributed by atoms with Gasteiger partial charge in [-0.25, -0.2) is 4.98 Å². The summed E-state index contributed by atoms with van der Waals surface area (Å²) >= 11 is 1.64. The standard InChI is InChI=1S/C18H23N3O2S/c1-11-4-6-14(7-5-11)18-21-13(3)16(24-18)12(2)20-17(22)15-10-23-9-8-19-15/h4-7,12,15,19H,8-10H2,1-3H3,(H,20,22). The Morgan fingerprint density at radius 3 is 2.79 bits per heavy atom. The minimum atomic E-state index is -0.272. The molecule has 0 saturated carbocycles. The Morgan fingerprint density at radius 2 is 2.12 bits per heavy atom. The number of hydrogen-bond donors (Lipinski definition) is 2. The highest BCUT2D eigenvalue weighted by Gasteiger charge is 2.24. The predicted octanol–water partition coefficient (Wildman–Crippen LogP) is 2.59. The van der Waals surface area contributed by atoms with Crippen molar-refractivity contribution in [1.29, 1.82) is 0 Å². The van der Waals surface area contributed by atoms with E-state index in [1.54, 1.807) is 11.3 Å². The van der Waals surface area contributed by atoms with Crippen LogP contribution in [0.4, 0.5) is 0 Å². The molecule has 1 amide bonds. The second-order valence-corrected chi connectivity index (χ2v) is 7.18. The first-order valence-corrected chi connectivity index (χ1v) is 9.02. The molecule has 0 radical (unpaired) electrons. The van der Waals surface area contributed by atoms with Gasteiger partial charge in [-0.15, -0.1) is 11.3 Å². The van der Waals surface area contributed by atoms with Gasteiger partial charge in [0.2, 0.25) is 5.91 Å². The minimum Gasteiger partial charge on any atom is -0.378 e. The number of morpholine rings is 1. The molecule has 2 unspecified atom stereocenters. The topological polar surface area (TPSA) is 63.2 Å². The van der Waals surface area contributed by atoms with Crippen LogP contribution in [0.15, 0.2) is 24.3 Å². The molecule has 1 aliphatic heterocycles. The van der Waals surface area contributed by atoms with Gasteiger partial charge in [-0.05, 0) is 20.8 Å². The molecule has 2 N–H and O–H groups in total. The average Bonchev–Trinajstić information content (AvgIpc) is 2.98. The SMILES string of the molecule is Cc1ccc(-c2nc(C)c(C(C)NC(=O)C3COCCN3)s2)cc1. The Labute approximate surface area is 146 Å². The fourth-order valence-corrected chi connectivity index (χ4v) is 3.82. The van der Waals surface area contributed by atoms with Gasteiger partial charge in [0.25, 0.3) is 0 Å². The number of thiazole rings is 1. The second kappa shape index (κ2) is 7.42. The van der Waals surface area contributed by atoms with E-state index in [0.29, 0.717) is 19.8 Å². The molecule has 1 aliphatic rings. The Morgan fingerprint density at radius 1 is 1.38 bits per heavy atom. The van der Waals surface area contributed by atoms with Crippen molar-refractivity contribution in [2.75, 3.05) is 19.8 Å². The lowest BCUT2D eigenvalue weighted by Crippen LogP contribution is -2.51. The number of nitrogens with zero attached hydrogens (tertiary/aromatic N) is 1. The molecule has 6 heteroatoms. The first-order valence-electron chi connectivity index (χ1n) is 8.20. The number of carbonyl (C=O) groups excluding carboxylic acids is 1. The molecular formula is C18H23N3O2S. The third-order valence-electron chi connectivity index (χ3n) is 4.12. The Hall–Kier alpha value is -1.76. The molecule has 3 rings (SSSR count). The highest BCUT2D eigenvalue weighted by Crippen LogP contribution is 2.31. The molecular weight excluding hydrogens is 322 g/mol. The van der Waals surface area contributed by atoms with E-state index in [0.717, 1.165) is 21.1 Å². The monoisotopic (exact) mass is 345 g/mol. The molecule has 1 saturated heterocycles. The number of carbonyl (C=O) groups is 1. The number of ether oxygens (including phenoxy) is 1. The van der Waals surface area contributed by atoms with E-state index in [4.69, 9.17) is 4.74 Å². The maximum absolute atomic E-state index is 12.3. The van der Waals surface area contributed by atoms with Crippen molar-refractivity contribution in [2.24, 2.45) is 0 Å². The van der Waals surface area contributed by atoms with Gasteiger partial charge in [0.1, 0.15) is 11.0 Å². The molecule has 2 atom stereocenters. The zero-order chi connectivity index (χ0) is 17.1. The lowest BCUT2D eigenvalue weighted by molar-refractivity contribution is -0.126. The van der Waals surface area contributed by atoms with E-state index in [2.05, 4.69) is 46.8 Å². The van der Waals surface area contributed by atoms with Crippen LogP contribution < -0.4 is 10.6 Å². The van der Waals surface area contributed by atoms with E-state index in [-0.39, 0.29) is 18.0 Å². The fourth-order valence-electron chi connectivity index (χ4n) is 2.74. The molecule has 2 aromatic rings. The van der Waals surface area contributed by atoms with Crippen LogP contribution in [0.25, 0.3) is 10.6 Å². The van der Waals surface area contributed by atoms with Crippen LogP contribution in [-0.2, 0) is 9.53 Å². The van der Waals surface area contributed by atoms with Gasteiger partial charge in [0, 0.05) is 12.1 Å². The van der Waals surface area contributed by atoms with Crippen molar-refractivity contribution in [3.05, 3.63) is 40.4 Å². The summed E-state index contributed by atoms with van der Waals surface area (Å²) in [5, 5.41) is 7.24. The van der Waals surface area contributed by atoms with Gasteiger partial charge in [0.05, 0.1) is 29.8 Å². The summed E-state index contributed by atoms with van der Waals surface area (Å²) < 4.78 is 5.35. The Kier molecular flexibility index (Phi) is 5.28. The molecule has 0 spiro atoms. The number of benzene rings is 1. The molecule has 1 aromatic carbocycles. The van der Waals surface area contributed by atoms with Gasteiger partial charge in [-0.1, -0.05) is 29.8 Å². The van der Waals surface area contributed by atoms with Crippen molar-refractivity contribution < 1.29 is 9.53 Å². The van der Waals surface area contributed by atoms with Crippen LogP contribution in [-0.4, -0.2) is 36.7 Å². The van der Waals surface area contributed by atoms with Crippen LogP contribution in [0.3, 0.4) is 0 Å². The largest absolute Gasteiger partial charge is 0.378 e. The Bertz CT molecular complexity index is 706. The summed E-state index contributed by atoms with van der Waals surface area (Å²) in [4.78, 5) is 18.1. The van der Waals surface area contributed by atoms with E-state index in [1.807, 2.05) is 13.8 Å². The summed E-state index contributed by atoms with van der Waals surface area (Å²) in [6.07, 6.45) is 0. The van der Waals surface area contributed by atoms with Gasteiger partial charge in [-0.2, -0.15) is 0 Å². The van der Waals surface area contributed by atoms with Crippen LogP contribution in [0.2, 0.25) is 0 Å². The zero-order valence-electron chi connectivity index (χ0n) is 14.3. The van der Waals surface area contributed by atoms with Crippen molar-refractivity contribution in [3.8, 4) is 10.6 Å². The van der Waals surface area contributed by atoms with E-state index in [9.17, 15) is 4.79 Å². The quantitative estimate of drug-likeness (QED) is 0.894. The fraction of sp³-hybridized carbons (Fsp3) is 0.444. The number of aromatic nitrogens is 1. The number of aryl methyl sites for hydroxylation is 2. The first-order chi connectivity index (χ1) is 11.5. The van der Waals surface area contributed by atoms with E-state index < -0.39 is 0 Å². The first kappa shape index (κ1) is 17.1. The summed E-state index contributed by atoms with van der Waals surface area (Å²) in [6, 6.07) is 8.01. The highest BCUT2D eigenvalue weighted by molar-refractivity contribution is 7.15. The number of nitrogens with one attached hydrogen (secondary N) is 2. The smallest absolute Gasteiger partial charge is 0.240 e. The van der Waals surface area contributed by atoms with Gasteiger partial charge < -0.3 is 15.4 Å². The maximum atomic E-state index is 12.3. The third-order valence-corrected chi connectivity index (χ3v) is 5.51. The summed E-state index contributed by atoms with van der Waals surface area (Å²) in [5.41, 5.74) is 3.31. The van der Waals surface area contributed by atoms with Gasteiger partial charge >= 0.3 is 0 Å². The molecule has 5 nitrogen and oxygen atoms in total. The van der Waals surface area contributed by atoms with Gasteiger partial charge in [0.15, 0.2) is 0 Å². The number of amides is 1. The molecule has 0 bridgehead atoms. The molecule has 2 heterocycles. The molecule has 0 aliphatic carbocycles. The number of rotatable bonds is 4. The van der Waals surface area contributed by atoms with E-state index in [1.165, 1.54) is 5.56 Å². The second-order valence-electron chi connectivity index (χ2n) is 6.15. The van der Waals surface area contributed by atoms with Crippen LogP contribution in [0, 0.1) is 13.8 Å². The zero-order valence-corrected chi connectivity index (χ0v) is 15.1. The maximum Gasteiger partial charge on any atom is 0.240 e. The predicted molar refractivity (Wildman–Crippen MR) is 96.2 cm³/mol. The molecule has 1 aromatic heterocycles. The Balaban J connectivity index is 1.71. The summed E-state index contributed by atoms with van der Waals surface area (Å²) in [6.45, 7) is 7.86. The minimum absolute atomic E-state index is 0.0214. The molecule has 24 heavy (non-hydrogen) atoms. The molecule has 128 valence electrons. The van der Waals surface area contributed by atoms with Crippen molar-refractivity contribution >= 4 is 17.2 Å². The van der Waals surface area contributed by atoms with Crippen LogP contribution in [0.5, 0.6) is 0 Å². The normalized spacial score (nSPS) is 19.0. The molecule has 1 fully saturated rings. The summed E-state index contributed by atoms with van der Waals surface area (Å²) in [7, 11) is 0. The lowest BCUT2D eigenvalue weighted by Gasteiger charge is -2.24. The number of hydrogen-bond acceptors (Lipinski definition) is 5. The van der Waals surface area contributed by atoms with Crippen LogP contribution >= 0.6 is 11.3 Å². The van der Waals surface area contributed by atoms with Crippen molar-refractivity contribution in [2.45, 2.75) is 32.9 Å².